The molecule has 1 amide bonds. The number of unbranched alkanes of at least 4 members (excludes halogenated alkanes) is 21. The third-order valence-electron chi connectivity index (χ3n) is 8.05. The van der Waals surface area contributed by atoms with Crippen LogP contribution in [0.25, 0.3) is 0 Å². The standard InChI is InChI=1S/C32H65NO/c1-4-7-10-13-16-17-18-19-20-21-24-27-30-32(31(33)34,28-25-22-14-11-8-5-2)29-26-23-15-12-9-6-3/h4-30H2,1-3H3,(H2,33,34). The van der Waals surface area contributed by atoms with Crippen LogP contribution in [0.15, 0.2) is 0 Å². The summed E-state index contributed by atoms with van der Waals surface area (Å²) in [5.41, 5.74) is 5.87. The van der Waals surface area contributed by atoms with E-state index in [0.717, 1.165) is 19.3 Å². The third-order valence-corrected chi connectivity index (χ3v) is 8.05. The van der Waals surface area contributed by atoms with Gasteiger partial charge < -0.3 is 5.73 Å². The largest absolute Gasteiger partial charge is 0.369 e. The Morgan fingerprint density at radius 1 is 0.412 bits per heavy atom. The normalized spacial score (nSPS) is 11.9. The quantitative estimate of drug-likeness (QED) is 0.111. The van der Waals surface area contributed by atoms with E-state index in [1.807, 2.05) is 0 Å². The maximum atomic E-state index is 12.7. The van der Waals surface area contributed by atoms with E-state index in [0.29, 0.717) is 0 Å². The predicted molar refractivity (Wildman–Crippen MR) is 153 cm³/mol. The monoisotopic (exact) mass is 480 g/mol. The van der Waals surface area contributed by atoms with Crippen LogP contribution in [-0.2, 0) is 4.79 Å². The molecule has 0 radical (unpaired) electrons. The summed E-state index contributed by atoms with van der Waals surface area (Å²) in [5.74, 6) is -0.00214. The molecule has 0 spiro atoms. The van der Waals surface area contributed by atoms with Crippen molar-refractivity contribution in [1.82, 2.24) is 0 Å². The highest BCUT2D eigenvalue weighted by Crippen LogP contribution is 2.37. The molecule has 2 heteroatoms. The van der Waals surface area contributed by atoms with Crippen LogP contribution in [0.2, 0.25) is 0 Å². The van der Waals surface area contributed by atoms with Gasteiger partial charge in [-0.25, -0.2) is 0 Å². The van der Waals surface area contributed by atoms with Gasteiger partial charge in [0, 0.05) is 5.41 Å². The second-order valence-electron chi connectivity index (χ2n) is 11.3. The molecule has 204 valence electrons. The second-order valence-corrected chi connectivity index (χ2v) is 11.3. The maximum absolute atomic E-state index is 12.7. The van der Waals surface area contributed by atoms with Gasteiger partial charge in [-0.15, -0.1) is 0 Å². The molecule has 0 fully saturated rings. The van der Waals surface area contributed by atoms with Crippen molar-refractivity contribution in [3.63, 3.8) is 0 Å². The van der Waals surface area contributed by atoms with Gasteiger partial charge in [0.2, 0.25) is 5.91 Å². The lowest BCUT2D eigenvalue weighted by Gasteiger charge is -2.31. The first-order chi connectivity index (χ1) is 16.6. The lowest BCUT2D eigenvalue weighted by molar-refractivity contribution is -0.129. The molecule has 0 rings (SSSR count). The minimum Gasteiger partial charge on any atom is -0.369 e. The van der Waals surface area contributed by atoms with Crippen LogP contribution in [0.4, 0.5) is 0 Å². The van der Waals surface area contributed by atoms with Crippen LogP contribution >= 0.6 is 0 Å². The highest BCUT2D eigenvalue weighted by atomic mass is 16.1. The molecule has 0 heterocycles. The smallest absolute Gasteiger partial charge is 0.223 e. The lowest BCUT2D eigenvalue weighted by atomic mass is 9.73. The number of hydrogen-bond donors (Lipinski definition) is 1. The molecule has 0 saturated heterocycles. The fraction of sp³-hybridized carbons (Fsp3) is 0.969. The van der Waals surface area contributed by atoms with Gasteiger partial charge in [-0.3, -0.25) is 4.79 Å². The van der Waals surface area contributed by atoms with Crippen molar-refractivity contribution in [2.45, 2.75) is 194 Å². The van der Waals surface area contributed by atoms with E-state index in [2.05, 4.69) is 20.8 Å². The van der Waals surface area contributed by atoms with Crippen molar-refractivity contribution < 1.29 is 4.79 Å². The van der Waals surface area contributed by atoms with Crippen molar-refractivity contribution in [2.24, 2.45) is 11.1 Å². The minimum atomic E-state index is -0.228. The molecule has 0 aliphatic heterocycles. The van der Waals surface area contributed by atoms with Gasteiger partial charge in [0.1, 0.15) is 0 Å². The van der Waals surface area contributed by atoms with Crippen molar-refractivity contribution in [3.8, 4) is 0 Å². The van der Waals surface area contributed by atoms with Gasteiger partial charge in [0.05, 0.1) is 0 Å². The van der Waals surface area contributed by atoms with E-state index in [1.165, 1.54) is 154 Å². The molecule has 0 aromatic heterocycles. The number of nitrogens with two attached hydrogens (primary N) is 1. The summed E-state index contributed by atoms with van der Waals surface area (Å²) in [5, 5.41) is 0. The highest BCUT2D eigenvalue weighted by molar-refractivity contribution is 5.80. The van der Waals surface area contributed by atoms with Crippen molar-refractivity contribution in [3.05, 3.63) is 0 Å². The van der Waals surface area contributed by atoms with Gasteiger partial charge in [-0.05, 0) is 19.3 Å². The van der Waals surface area contributed by atoms with E-state index in [9.17, 15) is 4.79 Å². The Labute approximate surface area is 216 Å². The second kappa shape index (κ2) is 25.6. The van der Waals surface area contributed by atoms with Gasteiger partial charge in [0.25, 0.3) is 0 Å². The van der Waals surface area contributed by atoms with Gasteiger partial charge in [-0.1, -0.05) is 175 Å². The lowest BCUT2D eigenvalue weighted by Crippen LogP contribution is -2.37. The maximum Gasteiger partial charge on any atom is 0.223 e. The summed E-state index contributed by atoms with van der Waals surface area (Å²) in [4.78, 5) is 12.7. The highest BCUT2D eigenvalue weighted by Gasteiger charge is 2.34. The van der Waals surface area contributed by atoms with Crippen LogP contribution < -0.4 is 5.73 Å². The van der Waals surface area contributed by atoms with E-state index >= 15 is 0 Å². The molecule has 2 N–H and O–H groups in total. The van der Waals surface area contributed by atoms with E-state index < -0.39 is 0 Å². The molecule has 0 aromatic carbocycles. The fourth-order valence-corrected chi connectivity index (χ4v) is 5.54. The first-order valence-electron chi connectivity index (χ1n) is 15.9. The minimum absolute atomic E-state index is 0.00214. The Bertz CT molecular complexity index is 403. The van der Waals surface area contributed by atoms with Crippen molar-refractivity contribution in [2.75, 3.05) is 0 Å². The van der Waals surface area contributed by atoms with Crippen molar-refractivity contribution >= 4 is 5.91 Å². The molecule has 0 atom stereocenters. The predicted octanol–water partition coefficient (Wildman–Crippen LogP) is 11.1. The Morgan fingerprint density at radius 2 is 0.618 bits per heavy atom. The van der Waals surface area contributed by atoms with Crippen LogP contribution in [0.1, 0.15) is 194 Å². The first-order valence-corrected chi connectivity index (χ1v) is 15.9. The average molecular weight is 480 g/mol. The molecular weight excluding hydrogens is 414 g/mol. The zero-order valence-electron chi connectivity index (χ0n) is 24.1. The molecule has 0 aliphatic carbocycles. The number of rotatable bonds is 28. The topological polar surface area (TPSA) is 43.1 Å². The molecule has 2 nitrogen and oxygen atoms in total. The average Bonchev–Trinajstić information content (AvgIpc) is 2.83. The van der Waals surface area contributed by atoms with Gasteiger partial charge in [0.15, 0.2) is 0 Å². The fourth-order valence-electron chi connectivity index (χ4n) is 5.54. The molecule has 0 aromatic rings. The summed E-state index contributed by atoms with van der Waals surface area (Å²) in [6.45, 7) is 6.83. The Morgan fingerprint density at radius 3 is 0.824 bits per heavy atom. The molecule has 0 saturated carbocycles. The molecule has 0 unspecified atom stereocenters. The van der Waals surface area contributed by atoms with Gasteiger partial charge >= 0.3 is 0 Å². The van der Waals surface area contributed by atoms with Crippen LogP contribution in [0, 0.1) is 5.41 Å². The summed E-state index contributed by atoms with van der Waals surface area (Å²) >= 11 is 0. The van der Waals surface area contributed by atoms with Crippen LogP contribution in [0.5, 0.6) is 0 Å². The van der Waals surface area contributed by atoms with Gasteiger partial charge in [-0.2, -0.15) is 0 Å². The number of carbonyl (C=O) groups excluding carboxylic acids is 1. The number of carbonyl (C=O) groups is 1. The summed E-state index contributed by atoms with van der Waals surface area (Å²) < 4.78 is 0. The Balaban J connectivity index is 4.27. The van der Waals surface area contributed by atoms with E-state index in [4.69, 9.17) is 5.73 Å². The Kier molecular flexibility index (Phi) is 25.2. The van der Waals surface area contributed by atoms with E-state index in [-0.39, 0.29) is 11.3 Å². The first kappa shape index (κ1) is 33.5. The number of amides is 1. The zero-order chi connectivity index (χ0) is 25.2. The molecule has 0 bridgehead atoms. The molecule has 34 heavy (non-hydrogen) atoms. The third kappa shape index (κ3) is 19.7. The summed E-state index contributed by atoms with van der Waals surface area (Å²) in [6.07, 6.45) is 35.0. The summed E-state index contributed by atoms with van der Waals surface area (Å²) in [6, 6.07) is 0. The SMILES string of the molecule is CCCCCCCCCCCCCCC(CCCCCCCC)(CCCCCCCC)C(N)=O. The number of hydrogen-bond acceptors (Lipinski definition) is 1. The molecular formula is C32H65NO. The van der Waals surface area contributed by atoms with Crippen LogP contribution in [-0.4, -0.2) is 5.91 Å². The zero-order valence-corrected chi connectivity index (χ0v) is 24.1. The van der Waals surface area contributed by atoms with E-state index in [1.54, 1.807) is 0 Å². The Hall–Kier alpha value is -0.530. The van der Waals surface area contributed by atoms with Crippen LogP contribution in [0.3, 0.4) is 0 Å². The molecule has 0 aliphatic rings. The van der Waals surface area contributed by atoms with Crippen molar-refractivity contribution in [1.29, 1.82) is 0 Å². The summed E-state index contributed by atoms with van der Waals surface area (Å²) in [7, 11) is 0. The number of primary amides is 1.